The second-order valence-electron chi connectivity index (χ2n) is 6.25. The Kier molecular flexibility index (Phi) is 28.6. The summed E-state index contributed by atoms with van der Waals surface area (Å²) in [5.41, 5.74) is 0. The molecule has 0 aliphatic rings. The summed E-state index contributed by atoms with van der Waals surface area (Å²) in [4.78, 5) is 40.9. The summed E-state index contributed by atoms with van der Waals surface area (Å²) >= 11 is 0. The van der Waals surface area contributed by atoms with Gasteiger partial charge in [-0.2, -0.15) is 0 Å². The topological polar surface area (TPSA) is 144 Å². The number of ether oxygens (including phenoxy) is 1. The standard InChI is InChI=1S/C8H18O2.2C6H10O3.Zr/c1-3-5-7-10-8(9)6-4-2;2*1-3-5(4(2)7)6(8)9;/h8-9H,3-7H2,1-2H3;2*5H,3H2,1-2H3,(H,8,9);/q;;;+2/p-2. The number of Topliss-reactive ketones (excluding diaryl/α,β-unsaturated/α-hetero) is 2. The van der Waals surface area contributed by atoms with E-state index in [1.807, 2.05) is 6.92 Å². The third-order valence-corrected chi connectivity index (χ3v) is 3.71. The number of carboxylic acid groups (broad SMARTS) is 2. The molecule has 0 aliphatic carbocycles. The summed E-state index contributed by atoms with van der Waals surface area (Å²) in [5.74, 6) is -5.04. The van der Waals surface area contributed by atoms with Gasteiger partial charge in [-0.05, 0) is 39.5 Å². The number of rotatable bonds is 12. The first-order chi connectivity index (χ1) is 13.0. The number of hydrogen-bond donors (Lipinski definition) is 1. The van der Waals surface area contributed by atoms with Gasteiger partial charge in [0.15, 0.2) is 6.29 Å². The minimum atomic E-state index is -1.27. The molecule has 0 rings (SSSR count). The molecule has 3 atom stereocenters. The van der Waals surface area contributed by atoms with Crippen molar-refractivity contribution in [1.82, 2.24) is 0 Å². The van der Waals surface area contributed by atoms with Crippen molar-refractivity contribution in [2.75, 3.05) is 6.61 Å². The van der Waals surface area contributed by atoms with Crippen LogP contribution in [0.5, 0.6) is 0 Å². The molecule has 0 aromatic carbocycles. The molecule has 9 heteroatoms. The Hall–Kier alpha value is -0.917. The fraction of sp³-hybridized carbons (Fsp3) is 0.800. The monoisotopic (exact) mass is 494 g/mol. The van der Waals surface area contributed by atoms with Gasteiger partial charge in [0, 0.05) is 6.61 Å². The van der Waals surface area contributed by atoms with Crippen LogP contribution in [0, 0.1) is 11.8 Å². The molecular weight excluding hydrogens is 459 g/mol. The molecule has 3 unspecified atom stereocenters. The number of carbonyl (C=O) groups is 4. The van der Waals surface area contributed by atoms with E-state index in [1.54, 1.807) is 13.8 Å². The van der Waals surface area contributed by atoms with E-state index in [2.05, 4.69) is 6.92 Å². The maximum absolute atomic E-state index is 10.4. The second kappa shape index (κ2) is 23.4. The van der Waals surface area contributed by atoms with Crippen molar-refractivity contribution in [2.45, 2.75) is 86.4 Å². The van der Waals surface area contributed by atoms with Gasteiger partial charge < -0.3 is 29.6 Å². The van der Waals surface area contributed by atoms with E-state index in [9.17, 15) is 29.4 Å². The molecule has 0 saturated heterocycles. The van der Waals surface area contributed by atoms with E-state index in [0.717, 1.165) is 25.7 Å². The van der Waals surface area contributed by atoms with Gasteiger partial charge in [0.1, 0.15) is 11.6 Å². The van der Waals surface area contributed by atoms with Crippen LogP contribution < -0.4 is 10.2 Å². The molecule has 0 aliphatic heterocycles. The molecule has 0 spiro atoms. The molecule has 29 heavy (non-hydrogen) atoms. The van der Waals surface area contributed by atoms with E-state index in [0.29, 0.717) is 19.4 Å². The third kappa shape index (κ3) is 23.2. The number of hydrogen-bond acceptors (Lipinski definition) is 8. The zero-order valence-corrected chi connectivity index (χ0v) is 20.9. The number of unbranched alkanes of at least 4 members (excludes halogenated alkanes) is 1. The first kappa shape index (κ1) is 35.5. The van der Waals surface area contributed by atoms with Crippen molar-refractivity contribution >= 4 is 23.5 Å². The average Bonchev–Trinajstić information content (AvgIpc) is 2.56. The Morgan fingerprint density at radius 2 is 1.21 bits per heavy atom. The van der Waals surface area contributed by atoms with E-state index >= 15 is 0 Å². The van der Waals surface area contributed by atoms with Crippen LogP contribution in [-0.2, 0) is 50.1 Å². The van der Waals surface area contributed by atoms with E-state index in [-0.39, 0.29) is 37.8 Å². The SMILES string of the molecule is CCC(C(C)=O)C(=O)[O-].CCC(C(C)=O)C(=O)[O-].CCCCOC(O)CCC.[Zr+2]. The van der Waals surface area contributed by atoms with Crippen molar-refractivity contribution in [3.05, 3.63) is 0 Å². The molecule has 168 valence electrons. The van der Waals surface area contributed by atoms with Crippen LogP contribution in [0.2, 0.25) is 0 Å². The second-order valence-corrected chi connectivity index (χ2v) is 6.25. The predicted molar refractivity (Wildman–Crippen MR) is 101 cm³/mol. The number of aliphatic carboxylic acids is 2. The zero-order chi connectivity index (χ0) is 22.7. The van der Waals surface area contributed by atoms with Gasteiger partial charge in [0.2, 0.25) is 0 Å². The van der Waals surface area contributed by atoms with Crippen molar-refractivity contribution in [3.63, 3.8) is 0 Å². The Bertz CT molecular complexity index is 394. The van der Waals surface area contributed by atoms with Gasteiger partial charge in [-0.25, -0.2) is 0 Å². The molecular formula is C20H36O8Zr. The fourth-order valence-electron chi connectivity index (χ4n) is 1.93. The van der Waals surface area contributed by atoms with Crippen molar-refractivity contribution in [3.8, 4) is 0 Å². The van der Waals surface area contributed by atoms with Gasteiger partial charge >= 0.3 is 26.2 Å². The minimum absolute atomic E-state index is 0. The molecule has 0 saturated carbocycles. The van der Waals surface area contributed by atoms with E-state index in [1.165, 1.54) is 13.8 Å². The number of aliphatic hydroxyl groups excluding tert-OH is 1. The number of carboxylic acids is 2. The van der Waals surface area contributed by atoms with Crippen LogP contribution in [0.4, 0.5) is 0 Å². The largest absolute Gasteiger partial charge is 2.00 e. The van der Waals surface area contributed by atoms with Gasteiger partial charge in [0.25, 0.3) is 0 Å². The van der Waals surface area contributed by atoms with Crippen LogP contribution >= 0.6 is 0 Å². The van der Waals surface area contributed by atoms with Gasteiger partial charge in [-0.1, -0.05) is 40.5 Å². The fourth-order valence-corrected chi connectivity index (χ4v) is 1.93. The Labute approximate surface area is 193 Å². The van der Waals surface area contributed by atoms with Gasteiger partial charge in [-0.3, -0.25) is 9.59 Å². The Morgan fingerprint density at radius 1 is 0.828 bits per heavy atom. The average molecular weight is 496 g/mol. The van der Waals surface area contributed by atoms with Crippen LogP contribution in [0.25, 0.3) is 0 Å². The molecule has 0 aromatic heterocycles. The normalized spacial score (nSPS) is 12.5. The molecule has 0 amide bonds. The maximum Gasteiger partial charge on any atom is 2.00 e. The molecule has 8 nitrogen and oxygen atoms in total. The first-order valence-corrected chi connectivity index (χ1v) is 9.72. The smallest absolute Gasteiger partial charge is 0.549 e. The summed E-state index contributed by atoms with van der Waals surface area (Å²) in [6.07, 6.45) is 4.00. The molecule has 0 heterocycles. The summed E-state index contributed by atoms with van der Waals surface area (Å²) in [6.45, 7) is 10.6. The van der Waals surface area contributed by atoms with E-state index < -0.39 is 30.1 Å². The van der Waals surface area contributed by atoms with Gasteiger partial charge in [0.05, 0.1) is 23.8 Å². The predicted octanol–water partition coefficient (Wildman–Crippen LogP) is 0.622. The molecule has 0 aromatic rings. The molecule has 0 bridgehead atoms. The van der Waals surface area contributed by atoms with Crippen LogP contribution in [0.3, 0.4) is 0 Å². The third-order valence-electron chi connectivity index (χ3n) is 3.71. The molecule has 0 fully saturated rings. The summed E-state index contributed by atoms with van der Waals surface area (Å²) < 4.78 is 5.08. The Balaban J connectivity index is -0.000000159. The van der Waals surface area contributed by atoms with Crippen molar-refractivity contribution in [1.29, 1.82) is 0 Å². The molecule has 0 radical (unpaired) electrons. The summed E-state index contributed by atoms with van der Waals surface area (Å²) in [7, 11) is 0. The van der Waals surface area contributed by atoms with Crippen LogP contribution in [0.1, 0.15) is 80.1 Å². The van der Waals surface area contributed by atoms with Crippen LogP contribution in [-0.4, -0.2) is 41.5 Å². The van der Waals surface area contributed by atoms with Crippen molar-refractivity contribution in [2.24, 2.45) is 11.8 Å². The summed E-state index contributed by atoms with van der Waals surface area (Å²) in [6, 6.07) is 0. The first-order valence-electron chi connectivity index (χ1n) is 9.72. The van der Waals surface area contributed by atoms with Gasteiger partial charge in [-0.15, -0.1) is 0 Å². The zero-order valence-electron chi connectivity index (χ0n) is 18.5. The van der Waals surface area contributed by atoms with E-state index in [4.69, 9.17) is 9.84 Å². The Morgan fingerprint density at radius 3 is 1.38 bits per heavy atom. The summed E-state index contributed by atoms with van der Waals surface area (Å²) in [5, 5.41) is 29.1. The van der Waals surface area contributed by atoms with Crippen molar-refractivity contribution < 1.29 is 65.4 Å². The van der Waals surface area contributed by atoms with Crippen LogP contribution in [0.15, 0.2) is 0 Å². The number of carbonyl (C=O) groups excluding carboxylic acids is 4. The molecule has 1 N–H and O–H groups in total. The maximum atomic E-state index is 10.4. The number of ketones is 2. The minimum Gasteiger partial charge on any atom is -0.549 e. The number of aliphatic hydroxyl groups is 1. The quantitative estimate of drug-likeness (QED) is 0.236.